The van der Waals surface area contributed by atoms with Gasteiger partial charge in [-0.2, -0.15) is 0 Å². The Balaban J connectivity index is 0.00000312. The van der Waals surface area contributed by atoms with Crippen LogP contribution in [0.1, 0.15) is 42.1 Å². The van der Waals surface area contributed by atoms with Gasteiger partial charge in [0.05, 0.1) is 13.1 Å². The van der Waals surface area contributed by atoms with Crippen molar-refractivity contribution in [1.29, 1.82) is 0 Å². The number of benzene rings is 1. The van der Waals surface area contributed by atoms with E-state index in [0.29, 0.717) is 12.1 Å². The molecule has 8 heteroatoms. The van der Waals surface area contributed by atoms with E-state index in [1.807, 2.05) is 0 Å². The highest BCUT2D eigenvalue weighted by Gasteiger charge is 2.28. The zero-order valence-electron chi connectivity index (χ0n) is 14.3. The van der Waals surface area contributed by atoms with E-state index >= 15 is 0 Å². The third kappa shape index (κ3) is 5.72. The number of nitrogens with one attached hydrogen (secondary N) is 2. The Labute approximate surface area is 153 Å². The molecule has 4 amide bonds. The Hall–Kier alpha value is -2.12. The molecule has 0 aromatic heterocycles. The van der Waals surface area contributed by atoms with Gasteiger partial charge in [-0.3, -0.25) is 14.5 Å². The van der Waals surface area contributed by atoms with Gasteiger partial charge in [-0.25, -0.2) is 4.79 Å². The fourth-order valence-electron chi connectivity index (χ4n) is 2.53. The standard InChI is InChI=1S/C17H24N4O3.ClH/c1-2-3-4-14(9-18)20-16(23)13-7-5-12(6-8-13)11-21-15(22)10-19-17(21)24;/h5-8,14H,2-4,9-11,18H2,1H3,(H,19,24)(H,20,23);1H. The third-order valence-electron chi connectivity index (χ3n) is 4.02. The number of hydrogen-bond acceptors (Lipinski definition) is 4. The largest absolute Gasteiger partial charge is 0.348 e. The van der Waals surface area contributed by atoms with Crippen LogP contribution in [0.25, 0.3) is 0 Å². The predicted molar refractivity (Wildman–Crippen MR) is 97.5 cm³/mol. The normalized spacial score (nSPS) is 14.7. The molecule has 25 heavy (non-hydrogen) atoms. The first-order valence-electron chi connectivity index (χ1n) is 8.23. The van der Waals surface area contributed by atoms with E-state index in [-0.39, 0.29) is 49.4 Å². The average Bonchev–Trinajstić information content (AvgIpc) is 2.91. The van der Waals surface area contributed by atoms with Gasteiger partial charge in [0, 0.05) is 18.2 Å². The molecule has 7 nitrogen and oxygen atoms in total. The summed E-state index contributed by atoms with van der Waals surface area (Å²) >= 11 is 0. The van der Waals surface area contributed by atoms with Gasteiger partial charge < -0.3 is 16.4 Å². The lowest BCUT2D eigenvalue weighted by Gasteiger charge is -2.17. The van der Waals surface area contributed by atoms with Crippen LogP contribution in [0, 0.1) is 0 Å². The summed E-state index contributed by atoms with van der Waals surface area (Å²) in [6, 6.07) is 6.47. The first-order valence-corrected chi connectivity index (χ1v) is 8.23. The molecule has 1 aliphatic heterocycles. The molecule has 0 saturated carbocycles. The Morgan fingerprint density at radius 3 is 2.52 bits per heavy atom. The van der Waals surface area contributed by atoms with Crippen molar-refractivity contribution in [1.82, 2.24) is 15.5 Å². The number of halogens is 1. The number of nitrogens with zero attached hydrogens (tertiary/aromatic N) is 1. The van der Waals surface area contributed by atoms with Gasteiger partial charge in [-0.1, -0.05) is 31.9 Å². The first-order chi connectivity index (χ1) is 11.5. The van der Waals surface area contributed by atoms with Gasteiger partial charge in [0.15, 0.2) is 0 Å². The summed E-state index contributed by atoms with van der Waals surface area (Å²) in [5.74, 6) is -0.411. The molecule has 4 N–H and O–H groups in total. The van der Waals surface area contributed by atoms with Crippen molar-refractivity contribution < 1.29 is 14.4 Å². The maximum absolute atomic E-state index is 12.2. The summed E-state index contributed by atoms with van der Waals surface area (Å²) in [4.78, 5) is 36.5. The summed E-state index contributed by atoms with van der Waals surface area (Å²) in [5, 5.41) is 5.41. The zero-order chi connectivity index (χ0) is 17.5. The van der Waals surface area contributed by atoms with E-state index < -0.39 is 0 Å². The smallest absolute Gasteiger partial charge is 0.324 e. The van der Waals surface area contributed by atoms with E-state index in [1.165, 1.54) is 0 Å². The fourth-order valence-corrected chi connectivity index (χ4v) is 2.53. The van der Waals surface area contributed by atoms with E-state index in [9.17, 15) is 14.4 Å². The van der Waals surface area contributed by atoms with Crippen LogP contribution in [0.2, 0.25) is 0 Å². The van der Waals surface area contributed by atoms with Gasteiger partial charge in [0.2, 0.25) is 5.91 Å². The Kier molecular flexibility index (Phi) is 8.37. The highest BCUT2D eigenvalue weighted by molar-refractivity contribution is 6.01. The molecule has 0 spiro atoms. The molecule has 1 saturated heterocycles. The van der Waals surface area contributed by atoms with Crippen molar-refractivity contribution in [2.45, 2.75) is 38.8 Å². The van der Waals surface area contributed by atoms with Crippen LogP contribution in [0.5, 0.6) is 0 Å². The molecule has 0 bridgehead atoms. The second kappa shape index (κ2) is 10.0. The molecule has 1 aromatic carbocycles. The topological polar surface area (TPSA) is 105 Å². The average molecular weight is 369 g/mol. The minimum Gasteiger partial charge on any atom is -0.348 e. The maximum atomic E-state index is 12.2. The molecule has 1 unspecified atom stereocenters. The molecule has 2 rings (SSSR count). The molecule has 0 aliphatic carbocycles. The quantitative estimate of drug-likeness (QED) is 0.603. The number of nitrogens with two attached hydrogens (primary N) is 1. The van der Waals surface area contributed by atoms with Crippen LogP contribution in [0.4, 0.5) is 4.79 Å². The fraction of sp³-hybridized carbons (Fsp3) is 0.471. The molecule has 1 atom stereocenters. The number of carbonyl (C=O) groups is 3. The first kappa shape index (κ1) is 20.9. The number of imide groups is 1. The SMILES string of the molecule is CCCCC(CN)NC(=O)c1ccc(CN2C(=O)CNC2=O)cc1.Cl. The molecule has 0 radical (unpaired) electrons. The van der Waals surface area contributed by atoms with Crippen molar-refractivity contribution in [2.24, 2.45) is 5.73 Å². The van der Waals surface area contributed by atoms with Crippen LogP contribution < -0.4 is 16.4 Å². The highest BCUT2D eigenvalue weighted by atomic mass is 35.5. The number of carbonyl (C=O) groups excluding carboxylic acids is 3. The molecule has 1 fully saturated rings. The van der Waals surface area contributed by atoms with Gasteiger partial charge in [-0.05, 0) is 24.1 Å². The van der Waals surface area contributed by atoms with E-state index in [0.717, 1.165) is 29.7 Å². The molecular formula is C17H25ClN4O3. The Morgan fingerprint density at radius 2 is 2.00 bits per heavy atom. The van der Waals surface area contributed by atoms with Crippen molar-refractivity contribution in [2.75, 3.05) is 13.1 Å². The van der Waals surface area contributed by atoms with Gasteiger partial charge in [0.1, 0.15) is 0 Å². The van der Waals surface area contributed by atoms with Crippen LogP contribution >= 0.6 is 12.4 Å². The summed E-state index contributed by atoms with van der Waals surface area (Å²) in [7, 11) is 0. The van der Waals surface area contributed by atoms with E-state index in [1.54, 1.807) is 24.3 Å². The second-order valence-electron chi connectivity index (χ2n) is 5.88. The number of amides is 4. The second-order valence-corrected chi connectivity index (χ2v) is 5.88. The van der Waals surface area contributed by atoms with Crippen molar-refractivity contribution in [3.63, 3.8) is 0 Å². The minimum atomic E-state index is -0.386. The maximum Gasteiger partial charge on any atom is 0.324 e. The molecule has 1 heterocycles. The van der Waals surface area contributed by atoms with E-state index in [4.69, 9.17) is 5.73 Å². The third-order valence-corrected chi connectivity index (χ3v) is 4.02. The van der Waals surface area contributed by atoms with Crippen molar-refractivity contribution in [3.8, 4) is 0 Å². The highest BCUT2D eigenvalue weighted by Crippen LogP contribution is 2.11. The number of hydrogen-bond donors (Lipinski definition) is 3. The number of unbranched alkanes of at least 4 members (excludes halogenated alkanes) is 1. The molecule has 1 aliphatic rings. The predicted octanol–water partition coefficient (Wildman–Crippen LogP) is 1.41. The molecular weight excluding hydrogens is 344 g/mol. The molecule has 138 valence electrons. The summed E-state index contributed by atoms with van der Waals surface area (Å²) in [6.45, 7) is 2.75. The van der Waals surface area contributed by atoms with Crippen molar-refractivity contribution in [3.05, 3.63) is 35.4 Å². The monoisotopic (exact) mass is 368 g/mol. The van der Waals surface area contributed by atoms with Crippen LogP contribution in [0.3, 0.4) is 0 Å². The summed E-state index contributed by atoms with van der Waals surface area (Å²) in [5.41, 5.74) is 7.01. The van der Waals surface area contributed by atoms with Gasteiger partial charge in [0.25, 0.3) is 5.91 Å². The van der Waals surface area contributed by atoms with E-state index in [2.05, 4.69) is 17.6 Å². The minimum absolute atomic E-state index is 0. The van der Waals surface area contributed by atoms with Crippen LogP contribution in [0.15, 0.2) is 24.3 Å². The Bertz CT molecular complexity index is 590. The Morgan fingerprint density at radius 1 is 1.32 bits per heavy atom. The van der Waals surface area contributed by atoms with Crippen LogP contribution in [-0.2, 0) is 11.3 Å². The lowest BCUT2D eigenvalue weighted by atomic mass is 10.1. The van der Waals surface area contributed by atoms with Crippen molar-refractivity contribution >= 4 is 30.3 Å². The number of rotatable bonds is 8. The number of urea groups is 1. The summed E-state index contributed by atoms with van der Waals surface area (Å²) in [6.07, 6.45) is 2.94. The molecule has 1 aromatic rings. The van der Waals surface area contributed by atoms with Crippen LogP contribution in [-0.4, -0.2) is 41.9 Å². The lowest BCUT2D eigenvalue weighted by molar-refractivity contribution is -0.125. The van der Waals surface area contributed by atoms with Gasteiger partial charge >= 0.3 is 6.03 Å². The summed E-state index contributed by atoms with van der Waals surface area (Å²) < 4.78 is 0. The lowest BCUT2D eigenvalue weighted by Crippen LogP contribution is -2.40. The zero-order valence-corrected chi connectivity index (χ0v) is 15.1. The van der Waals surface area contributed by atoms with Gasteiger partial charge in [-0.15, -0.1) is 12.4 Å².